The van der Waals surface area contributed by atoms with Crippen LogP contribution in [-0.4, -0.2) is 71.8 Å². The third-order valence-electron chi connectivity index (χ3n) is 8.79. The summed E-state index contributed by atoms with van der Waals surface area (Å²) in [6.45, 7) is 11.7. The van der Waals surface area contributed by atoms with Crippen molar-refractivity contribution in [2.75, 3.05) is 25.6 Å². The summed E-state index contributed by atoms with van der Waals surface area (Å²) in [5.41, 5.74) is 2.95. The van der Waals surface area contributed by atoms with Gasteiger partial charge in [0.05, 0.1) is 6.61 Å². The summed E-state index contributed by atoms with van der Waals surface area (Å²) in [7, 11) is -2.25. The van der Waals surface area contributed by atoms with Crippen LogP contribution in [-0.2, 0) is 23.4 Å². The molecule has 2 aromatic heterocycles. The minimum absolute atomic E-state index is 0.000371. The number of terminal acetylenes is 1. The first-order valence-corrected chi connectivity index (χ1v) is 17.4. The zero-order valence-corrected chi connectivity index (χ0v) is 25.6. The third-order valence-corrected chi connectivity index (χ3v) is 13.3. The molecule has 5 rings (SSSR count). The Morgan fingerprint density at radius 1 is 1.20 bits per heavy atom. The standard InChI is InChI=1S/C28H42FN5O6Si/c1-7-28(29)21(40-19-13-9-11-15-37-19)18(16-38-41(5,6)27(2,3)4)39-25(28)34-22(17-12-8-10-14-36-17)31-20-23(34)32-26(30)33-24(20)35/h1,17-19,21,25H,8-16H2,2-6H3,(H3,30,32,33,35)/t17?,18-,19?,21-,25+,28-/m1/s1. The second-order valence-corrected chi connectivity index (χ2v) is 17.5. The van der Waals surface area contributed by atoms with Crippen molar-refractivity contribution in [1.82, 2.24) is 19.5 Å². The molecule has 3 aliphatic heterocycles. The number of alkyl halides is 1. The normalized spacial score (nSPS) is 31.4. The van der Waals surface area contributed by atoms with Crippen LogP contribution in [0.5, 0.6) is 0 Å². The van der Waals surface area contributed by atoms with Gasteiger partial charge in [0.25, 0.3) is 5.56 Å². The number of H-pyrrole nitrogens is 1. The SMILES string of the molecule is C#C[C@@]1(F)[C@H](OC2CCCCO2)[C@@H](CO[Si](C)(C)C(C)(C)C)O[C@@H]1n1c(C2CCCCO2)nc2c(=O)[nH]c(N)nc21. The van der Waals surface area contributed by atoms with Crippen molar-refractivity contribution in [2.45, 2.75) is 114 Å². The van der Waals surface area contributed by atoms with E-state index in [4.69, 9.17) is 35.5 Å². The largest absolute Gasteiger partial charge is 0.414 e. The van der Waals surface area contributed by atoms with E-state index >= 15 is 4.39 Å². The van der Waals surface area contributed by atoms with Crippen molar-refractivity contribution in [3.63, 3.8) is 0 Å². The van der Waals surface area contributed by atoms with Crippen LogP contribution < -0.4 is 11.3 Å². The Balaban J connectivity index is 1.60. The number of halogens is 1. The molecule has 13 heteroatoms. The van der Waals surface area contributed by atoms with Crippen molar-refractivity contribution in [2.24, 2.45) is 0 Å². The number of anilines is 1. The summed E-state index contributed by atoms with van der Waals surface area (Å²) in [6, 6.07) is 0. The van der Waals surface area contributed by atoms with Crippen LogP contribution in [0.2, 0.25) is 18.1 Å². The maximum atomic E-state index is 17.4. The number of nitrogens with zero attached hydrogens (tertiary/aromatic N) is 3. The molecule has 11 nitrogen and oxygen atoms in total. The molecule has 0 amide bonds. The number of hydrogen-bond acceptors (Lipinski definition) is 9. The number of nitrogens with two attached hydrogens (primary N) is 1. The Hall–Kier alpha value is -2.34. The zero-order valence-electron chi connectivity index (χ0n) is 24.6. The van der Waals surface area contributed by atoms with Crippen molar-refractivity contribution in [3.05, 3.63) is 16.2 Å². The molecule has 3 N–H and O–H groups in total. The predicted molar refractivity (Wildman–Crippen MR) is 153 cm³/mol. The van der Waals surface area contributed by atoms with E-state index in [9.17, 15) is 4.79 Å². The van der Waals surface area contributed by atoms with Crippen LogP contribution in [0, 0.1) is 12.3 Å². The van der Waals surface area contributed by atoms with Gasteiger partial charge in [-0.05, 0) is 56.7 Å². The van der Waals surface area contributed by atoms with Gasteiger partial charge in [0.1, 0.15) is 24.1 Å². The van der Waals surface area contributed by atoms with Gasteiger partial charge < -0.3 is 29.1 Å². The lowest BCUT2D eigenvalue weighted by Crippen LogP contribution is -2.49. The summed E-state index contributed by atoms with van der Waals surface area (Å²) in [4.78, 5) is 24.3. The highest BCUT2D eigenvalue weighted by atomic mass is 28.4. The second-order valence-electron chi connectivity index (χ2n) is 12.7. The number of nitrogen functional groups attached to an aromatic ring is 1. The molecule has 0 bridgehead atoms. The van der Waals surface area contributed by atoms with E-state index in [-0.39, 0.29) is 28.8 Å². The lowest BCUT2D eigenvalue weighted by atomic mass is 9.96. The molecule has 2 unspecified atom stereocenters. The minimum Gasteiger partial charge on any atom is -0.414 e. The van der Waals surface area contributed by atoms with E-state index in [1.54, 1.807) is 0 Å². The van der Waals surface area contributed by atoms with Crippen LogP contribution in [0.25, 0.3) is 11.2 Å². The molecule has 3 saturated heterocycles. The van der Waals surface area contributed by atoms with Gasteiger partial charge in [-0.25, -0.2) is 9.37 Å². The molecule has 3 fully saturated rings. The molecule has 3 aliphatic rings. The number of fused-ring (bicyclic) bond motifs is 1. The van der Waals surface area contributed by atoms with Crippen molar-refractivity contribution >= 4 is 25.4 Å². The summed E-state index contributed by atoms with van der Waals surface area (Å²) in [6.07, 6.45) is 6.12. The van der Waals surface area contributed by atoms with E-state index in [2.05, 4.69) is 54.7 Å². The molecule has 226 valence electrons. The monoisotopic (exact) mass is 591 g/mol. The molecule has 41 heavy (non-hydrogen) atoms. The van der Waals surface area contributed by atoms with Gasteiger partial charge in [0.15, 0.2) is 32.0 Å². The number of nitrogens with one attached hydrogen (secondary N) is 1. The quantitative estimate of drug-likeness (QED) is 0.360. The van der Waals surface area contributed by atoms with Gasteiger partial charge in [-0.15, -0.1) is 6.42 Å². The Kier molecular flexibility index (Phi) is 8.37. The number of aromatic nitrogens is 4. The summed E-state index contributed by atoms with van der Waals surface area (Å²) >= 11 is 0. The molecule has 0 aliphatic carbocycles. The lowest BCUT2D eigenvalue weighted by molar-refractivity contribution is -0.211. The molecule has 0 saturated carbocycles. The molecular weight excluding hydrogens is 549 g/mol. The van der Waals surface area contributed by atoms with Crippen LogP contribution >= 0.6 is 0 Å². The fourth-order valence-electron chi connectivity index (χ4n) is 5.37. The molecule has 0 radical (unpaired) electrons. The van der Waals surface area contributed by atoms with Gasteiger partial charge in [-0.3, -0.25) is 14.3 Å². The molecule has 0 spiro atoms. The van der Waals surface area contributed by atoms with E-state index in [0.29, 0.717) is 31.9 Å². The first-order valence-electron chi connectivity index (χ1n) is 14.5. The fourth-order valence-corrected chi connectivity index (χ4v) is 6.39. The molecular formula is C28H42FN5O6Si. The average Bonchev–Trinajstić information content (AvgIpc) is 3.43. The predicted octanol–water partition coefficient (Wildman–Crippen LogP) is 4.12. The van der Waals surface area contributed by atoms with Crippen LogP contribution in [0.1, 0.15) is 77.5 Å². The highest BCUT2D eigenvalue weighted by Gasteiger charge is 2.61. The maximum absolute atomic E-state index is 17.4. The lowest BCUT2D eigenvalue weighted by Gasteiger charge is -2.37. The molecule has 2 aromatic rings. The smallest absolute Gasteiger partial charge is 0.280 e. The number of rotatable bonds is 7. The summed E-state index contributed by atoms with van der Waals surface area (Å²) in [5, 5.41) is -0.0821. The van der Waals surface area contributed by atoms with Crippen LogP contribution in [0.4, 0.5) is 10.3 Å². The Labute approximate surface area is 240 Å². The van der Waals surface area contributed by atoms with Crippen molar-refractivity contribution in [1.29, 1.82) is 0 Å². The first kappa shape index (κ1) is 30.1. The van der Waals surface area contributed by atoms with Gasteiger partial charge >= 0.3 is 0 Å². The minimum atomic E-state index is -2.49. The molecule has 0 aromatic carbocycles. The van der Waals surface area contributed by atoms with Gasteiger partial charge in [-0.2, -0.15) is 4.98 Å². The highest BCUT2D eigenvalue weighted by molar-refractivity contribution is 6.74. The molecule has 5 heterocycles. The van der Waals surface area contributed by atoms with Gasteiger partial charge in [0.2, 0.25) is 11.6 Å². The summed E-state index contributed by atoms with van der Waals surface area (Å²) < 4.78 is 50.0. The van der Waals surface area contributed by atoms with Gasteiger partial charge in [0, 0.05) is 13.2 Å². The second kappa shape index (κ2) is 11.4. The Bertz CT molecular complexity index is 1340. The van der Waals surface area contributed by atoms with E-state index in [1.807, 2.05) is 0 Å². The molecule has 6 atom stereocenters. The number of aromatic amines is 1. The first-order chi connectivity index (χ1) is 19.4. The highest BCUT2D eigenvalue weighted by Crippen LogP contribution is 2.47. The number of imidazole rings is 1. The topological polar surface area (TPSA) is 136 Å². The maximum Gasteiger partial charge on any atom is 0.280 e. The third kappa shape index (κ3) is 5.70. The number of ether oxygens (including phenoxy) is 4. The fraction of sp³-hybridized carbons (Fsp3) is 0.750. The van der Waals surface area contributed by atoms with E-state index < -0.39 is 50.4 Å². The van der Waals surface area contributed by atoms with E-state index in [1.165, 1.54) is 4.57 Å². The number of hydrogen-bond donors (Lipinski definition) is 2. The van der Waals surface area contributed by atoms with Crippen LogP contribution in [0.15, 0.2) is 4.79 Å². The van der Waals surface area contributed by atoms with E-state index in [0.717, 1.165) is 25.7 Å². The van der Waals surface area contributed by atoms with Gasteiger partial charge in [-0.1, -0.05) is 26.7 Å². The Morgan fingerprint density at radius 2 is 1.90 bits per heavy atom. The summed E-state index contributed by atoms with van der Waals surface area (Å²) in [5.74, 6) is 2.52. The van der Waals surface area contributed by atoms with Crippen molar-refractivity contribution < 1.29 is 27.8 Å². The average molecular weight is 592 g/mol. The van der Waals surface area contributed by atoms with Crippen molar-refractivity contribution in [3.8, 4) is 12.3 Å². The Morgan fingerprint density at radius 3 is 2.51 bits per heavy atom. The van der Waals surface area contributed by atoms with Crippen LogP contribution in [0.3, 0.4) is 0 Å². The zero-order chi connectivity index (χ0) is 29.6.